The first-order chi connectivity index (χ1) is 6.68. The molecule has 0 aromatic carbocycles. The maximum absolute atomic E-state index is 11.0. The van der Waals surface area contributed by atoms with E-state index in [9.17, 15) is 9.59 Å². The first-order valence-corrected chi connectivity index (χ1v) is 4.19. The third-order valence-electron chi connectivity index (χ3n) is 2.00. The second-order valence-electron chi connectivity index (χ2n) is 3.03. The number of ether oxygens (including phenoxy) is 1. The first-order valence-electron chi connectivity index (χ1n) is 4.19. The third kappa shape index (κ3) is 1.37. The van der Waals surface area contributed by atoms with E-state index in [2.05, 4.69) is 5.32 Å². The number of nitrogens with one attached hydrogen (secondary N) is 1. The van der Waals surface area contributed by atoms with Crippen LogP contribution in [0, 0.1) is 0 Å². The second-order valence-corrected chi connectivity index (χ2v) is 3.03. The zero-order chi connectivity index (χ0) is 10.1. The van der Waals surface area contributed by atoms with E-state index in [1.54, 1.807) is 12.1 Å². The van der Waals surface area contributed by atoms with Crippen molar-refractivity contribution in [2.45, 2.75) is 19.1 Å². The molecule has 74 valence electrons. The molecule has 2 heterocycles. The van der Waals surface area contributed by atoms with Gasteiger partial charge in [0.05, 0.1) is 6.26 Å². The normalized spacial score (nSPS) is 25.1. The number of amides is 1. The summed E-state index contributed by atoms with van der Waals surface area (Å²) in [6, 6.07) is 3.09. The van der Waals surface area contributed by atoms with E-state index in [0.29, 0.717) is 5.76 Å². The van der Waals surface area contributed by atoms with Gasteiger partial charge in [-0.1, -0.05) is 0 Å². The minimum Gasteiger partial charge on any atom is -0.467 e. The third-order valence-corrected chi connectivity index (χ3v) is 2.00. The summed E-state index contributed by atoms with van der Waals surface area (Å²) in [5.41, 5.74) is 0. The molecule has 0 spiro atoms. The van der Waals surface area contributed by atoms with Crippen molar-refractivity contribution in [2.24, 2.45) is 0 Å². The molecule has 1 amide bonds. The lowest BCUT2D eigenvalue weighted by atomic mass is 10.00. The number of carbonyl (C=O) groups excluding carboxylic acids is 2. The predicted octanol–water partition coefficient (Wildman–Crippen LogP) is 0.382. The van der Waals surface area contributed by atoms with Crippen LogP contribution in [0.5, 0.6) is 0 Å². The molecule has 0 bridgehead atoms. The highest BCUT2D eigenvalue weighted by Crippen LogP contribution is 2.27. The Hall–Kier alpha value is -1.78. The van der Waals surface area contributed by atoms with E-state index in [0.717, 1.165) is 0 Å². The lowest BCUT2D eigenvalue weighted by molar-refractivity contribution is -0.165. The summed E-state index contributed by atoms with van der Waals surface area (Å²) in [7, 11) is 0. The number of β-lactam (4-membered cyclic amide) rings is 1. The Bertz CT molecular complexity index is 357. The lowest BCUT2D eigenvalue weighted by Gasteiger charge is -2.33. The van der Waals surface area contributed by atoms with E-state index in [4.69, 9.17) is 9.15 Å². The fourth-order valence-corrected chi connectivity index (χ4v) is 1.36. The summed E-state index contributed by atoms with van der Waals surface area (Å²) >= 11 is 0. The van der Waals surface area contributed by atoms with Gasteiger partial charge in [0.25, 0.3) is 5.91 Å². The molecule has 5 nitrogen and oxygen atoms in total. The molecule has 1 aromatic heterocycles. The van der Waals surface area contributed by atoms with Gasteiger partial charge >= 0.3 is 5.97 Å². The molecule has 1 N–H and O–H groups in total. The van der Waals surface area contributed by atoms with Crippen LogP contribution in [0.4, 0.5) is 0 Å². The van der Waals surface area contributed by atoms with Gasteiger partial charge in [-0.15, -0.1) is 0 Å². The van der Waals surface area contributed by atoms with Gasteiger partial charge in [-0.05, 0) is 12.1 Å². The maximum Gasteiger partial charge on any atom is 0.303 e. The number of hydrogen-bond acceptors (Lipinski definition) is 4. The molecule has 1 aromatic rings. The van der Waals surface area contributed by atoms with Gasteiger partial charge < -0.3 is 14.5 Å². The van der Waals surface area contributed by atoms with Crippen molar-refractivity contribution in [1.82, 2.24) is 5.32 Å². The largest absolute Gasteiger partial charge is 0.467 e. The van der Waals surface area contributed by atoms with Crippen LogP contribution in [0.2, 0.25) is 0 Å². The second kappa shape index (κ2) is 3.17. The van der Waals surface area contributed by atoms with Crippen molar-refractivity contribution in [3.8, 4) is 0 Å². The Morgan fingerprint density at radius 1 is 1.64 bits per heavy atom. The molecule has 1 fully saturated rings. The molecule has 1 aliphatic heterocycles. The highest BCUT2D eigenvalue weighted by molar-refractivity contribution is 5.90. The smallest absolute Gasteiger partial charge is 0.303 e. The van der Waals surface area contributed by atoms with Crippen LogP contribution in [-0.2, 0) is 14.3 Å². The van der Waals surface area contributed by atoms with Crippen LogP contribution in [0.15, 0.2) is 22.8 Å². The van der Waals surface area contributed by atoms with Crippen LogP contribution < -0.4 is 5.32 Å². The monoisotopic (exact) mass is 195 g/mol. The quantitative estimate of drug-likeness (QED) is 0.547. The van der Waals surface area contributed by atoms with E-state index in [-0.39, 0.29) is 11.9 Å². The Balaban J connectivity index is 2.08. The van der Waals surface area contributed by atoms with Crippen molar-refractivity contribution in [1.29, 1.82) is 0 Å². The van der Waals surface area contributed by atoms with Gasteiger partial charge in [-0.2, -0.15) is 0 Å². The summed E-state index contributed by atoms with van der Waals surface area (Å²) in [5.74, 6) is -0.168. The number of hydrogen-bond donors (Lipinski definition) is 1. The molecular weight excluding hydrogens is 186 g/mol. The topological polar surface area (TPSA) is 68.5 Å². The highest BCUT2D eigenvalue weighted by Gasteiger charge is 2.44. The molecule has 5 heteroatoms. The van der Waals surface area contributed by atoms with Crippen LogP contribution in [0.25, 0.3) is 0 Å². The van der Waals surface area contributed by atoms with Crippen molar-refractivity contribution in [3.05, 3.63) is 24.2 Å². The molecule has 1 saturated heterocycles. The fraction of sp³-hybridized carbons (Fsp3) is 0.333. The SMILES string of the molecule is CC(=O)OC1C(=O)NC1c1ccco1. The summed E-state index contributed by atoms with van der Waals surface area (Å²) in [6.07, 6.45) is 0.753. The number of esters is 1. The van der Waals surface area contributed by atoms with E-state index in [1.165, 1.54) is 13.2 Å². The Morgan fingerprint density at radius 2 is 2.43 bits per heavy atom. The maximum atomic E-state index is 11.0. The molecule has 1 aliphatic rings. The molecule has 0 radical (unpaired) electrons. The molecule has 14 heavy (non-hydrogen) atoms. The summed E-state index contributed by atoms with van der Waals surface area (Å²) in [5, 5.41) is 2.59. The Kier molecular flexibility index (Phi) is 1.99. The minimum absolute atomic E-state index is 0.290. The number of carbonyl (C=O) groups is 2. The molecule has 2 unspecified atom stereocenters. The van der Waals surface area contributed by atoms with Crippen molar-refractivity contribution < 1.29 is 18.7 Å². The van der Waals surface area contributed by atoms with Gasteiger partial charge in [0, 0.05) is 6.92 Å². The van der Waals surface area contributed by atoms with Crippen molar-refractivity contribution in [3.63, 3.8) is 0 Å². The summed E-state index contributed by atoms with van der Waals surface area (Å²) in [6.45, 7) is 1.27. The lowest BCUT2D eigenvalue weighted by Crippen LogP contribution is -2.57. The number of furan rings is 1. The molecule has 2 atom stereocenters. The average molecular weight is 195 g/mol. The fourth-order valence-electron chi connectivity index (χ4n) is 1.36. The van der Waals surface area contributed by atoms with Gasteiger partial charge in [-0.3, -0.25) is 9.59 Å². The summed E-state index contributed by atoms with van der Waals surface area (Å²) < 4.78 is 9.92. The summed E-state index contributed by atoms with van der Waals surface area (Å²) in [4.78, 5) is 21.7. The predicted molar refractivity (Wildman–Crippen MR) is 45.1 cm³/mol. The Morgan fingerprint density at radius 3 is 2.93 bits per heavy atom. The molecule has 2 rings (SSSR count). The molecule has 0 saturated carbocycles. The zero-order valence-electron chi connectivity index (χ0n) is 7.52. The van der Waals surface area contributed by atoms with Gasteiger partial charge in [-0.25, -0.2) is 0 Å². The van der Waals surface area contributed by atoms with Gasteiger partial charge in [0.15, 0.2) is 0 Å². The van der Waals surface area contributed by atoms with Gasteiger partial charge in [0.2, 0.25) is 6.10 Å². The van der Waals surface area contributed by atoms with E-state index in [1.807, 2.05) is 0 Å². The van der Waals surface area contributed by atoms with Crippen LogP contribution in [0.1, 0.15) is 18.7 Å². The van der Waals surface area contributed by atoms with Gasteiger partial charge in [0.1, 0.15) is 11.8 Å². The standard InChI is InChI=1S/C9H9NO4/c1-5(11)14-8-7(10-9(8)12)6-3-2-4-13-6/h2-4,7-8H,1H3,(H,10,12). The number of rotatable bonds is 2. The van der Waals surface area contributed by atoms with Crippen molar-refractivity contribution >= 4 is 11.9 Å². The van der Waals surface area contributed by atoms with Crippen molar-refractivity contribution in [2.75, 3.05) is 0 Å². The average Bonchev–Trinajstić information content (AvgIpc) is 2.62. The van der Waals surface area contributed by atoms with E-state index >= 15 is 0 Å². The minimum atomic E-state index is -0.751. The first kappa shape index (κ1) is 8.80. The van der Waals surface area contributed by atoms with Crippen LogP contribution >= 0.6 is 0 Å². The highest BCUT2D eigenvalue weighted by atomic mass is 16.6. The van der Waals surface area contributed by atoms with E-state index < -0.39 is 12.1 Å². The molecule has 0 aliphatic carbocycles. The van der Waals surface area contributed by atoms with Crippen LogP contribution in [-0.4, -0.2) is 18.0 Å². The zero-order valence-corrected chi connectivity index (χ0v) is 7.52. The molecular formula is C9H9NO4. The Labute approximate surface area is 80.0 Å². The van der Waals surface area contributed by atoms with Crippen LogP contribution in [0.3, 0.4) is 0 Å².